The molecule has 0 aromatic carbocycles. The van der Waals surface area contributed by atoms with Gasteiger partial charge >= 0.3 is 35.8 Å². The van der Waals surface area contributed by atoms with Crippen LogP contribution in [-0.2, 0) is 0 Å². The van der Waals surface area contributed by atoms with Gasteiger partial charge in [-0.1, -0.05) is 0 Å². The molecule has 0 fully saturated rings. The molecule has 0 radical (unpaired) electrons. The average Bonchev–Trinajstić information content (AvgIpc) is 1.38. The van der Waals surface area contributed by atoms with Crippen LogP contribution >= 0.6 is 21.0 Å². The van der Waals surface area contributed by atoms with E-state index in [0.29, 0.717) is 0 Å². The van der Waals surface area contributed by atoms with Crippen LogP contribution in [0.3, 0.4) is 0 Å². The zero-order chi connectivity index (χ0) is 4.28. The molecule has 0 N–H and O–H groups in total. The monoisotopic (exact) mass is 198 g/mol. The first kappa shape index (κ1) is 5.52. The van der Waals surface area contributed by atoms with Gasteiger partial charge in [0, 0.05) is 0 Å². The Bertz CT molecular complexity index is 20.9. The van der Waals surface area contributed by atoms with Crippen molar-refractivity contribution in [3.63, 3.8) is 0 Å². The second-order valence-corrected chi connectivity index (χ2v) is 2.40. The topological polar surface area (TPSA) is 0 Å². The Morgan fingerprint density at radius 3 is 1.60 bits per heavy atom. The predicted octanol–water partition coefficient (Wildman–Crippen LogP) is 2.19. The van der Waals surface area contributed by atoms with Crippen molar-refractivity contribution in [1.29, 1.82) is 0 Å². The van der Waals surface area contributed by atoms with Crippen LogP contribution in [0.15, 0.2) is 0 Å². The second kappa shape index (κ2) is 2.74. The van der Waals surface area contributed by atoms with Gasteiger partial charge in [-0.05, 0) is 0 Å². The van der Waals surface area contributed by atoms with Gasteiger partial charge in [0.1, 0.15) is 0 Å². The van der Waals surface area contributed by atoms with E-state index < -0.39 is 25.6 Å². The first-order valence-corrected chi connectivity index (χ1v) is 3.98. The van der Waals surface area contributed by atoms with Crippen molar-refractivity contribution in [1.82, 2.24) is 0 Å². The molecule has 0 aliphatic heterocycles. The quantitative estimate of drug-likeness (QED) is 0.447. The minimum absolute atomic E-state index is 1.37. The van der Waals surface area contributed by atoms with Gasteiger partial charge in [0.05, 0.1) is 0 Å². The summed E-state index contributed by atoms with van der Waals surface area (Å²) < 4.78 is 30.2. The summed E-state index contributed by atoms with van der Waals surface area (Å²) in [5, 5.41) is 0. The normalized spacial score (nSPS) is 11.4. The van der Waals surface area contributed by atoms with Gasteiger partial charge in [0.2, 0.25) is 0 Å². The molecular formula is CH2F3I. The van der Waals surface area contributed by atoms with Crippen LogP contribution in [0.1, 0.15) is 0 Å². The predicted molar refractivity (Wildman–Crippen MR) is 22.2 cm³/mol. The Hall–Kier alpha value is 0.520. The number of rotatable bonds is 1. The molecule has 0 heterocycles. The molecule has 0 aromatic rings. The molecule has 0 atom stereocenters. The summed E-state index contributed by atoms with van der Waals surface area (Å²) in [5.41, 5.74) is 0. The van der Waals surface area contributed by atoms with Crippen LogP contribution in [0.4, 0.5) is 10.1 Å². The maximum atomic E-state index is 10.5. The molecule has 0 amide bonds. The Morgan fingerprint density at radius 1 is 1.40 bits per heavy atom. The molecule has 0 aromatic heterocycles. The average molecular weight is 198 g/mol. The molecule has 34 valence electrons. The molecule has 0 unspecified atom stereocenters. The zero-order valence-corrected chi connectivity index (χ0v) is 4.38. The number of halogens is 4. The van der Waals surface area contributed by atoms with E-state index in [-0.39, 0.29) is 0 Å². The van der Waals surface area contributed by atoms with Crippen molar-refractivity contribution < 1.29 is 10.1 Å². The van der Waals surface area contributed by atoms with E-state index in [0.717, 1.165) is 0 Å². The van der Waals surface area contributed by atoms with E-state index in [1.165, 1.54) is 0 Å². The fraction of sp³-hybridized carbons (Fsp3) is 1.00. The third-order valence-corrected chi connectivity index (χ3v) is 0.512. The van der Waals surface area contributed by atoms with Crippen molar-refractivity contribution in [2.45, 2.75) is 0 Å². The summed E-state index contributed by atoms with van der Waals surface area (Å²) >= 11 is -3.95. The van der Waals surface area contributed by atoms with Crippen molar-refractivity contribution >= 4 is 21.0 Å². The van der Waals surface area contributed by atoms with Gasteiger partial charge in [-0.3, -0.25) is 0 Å². The van der Waals surface area contributed by atoms with Gasteiger partial charge in [0.25, 0.3) is 0 Å². The van der Waals surface area contributed by atoms with E-state index in [2.05, 4.69) is 0 Å². The van der Waals surface area contributed by atoms with Gasteiger partial charge in [-0.2, -0.15) is 0 Å². The summed E-state index contributed by atoms with van der Waals surface area (Å²) in [6, 6.07) is 0. The van der Waals surface area contributed by atoms with E-state index in [9.17, 15) is 10.1 Å². The Labute approximate surface area is 36.3 Å². The van der Waals surface area contributed by atoms with E-state index in [1.54, 1.807) is 0 Å². The molecule has 5 heavy (non-hydrogen) atoms. The van der Waals surface area contributed by atoms with Crippen LogP contribution in [0.5, 0.6) is 0 Å². The summed E-state index contributed by atoms with van der Waals surface area (Å²) in [5.74, 6) is 0. The first-order chi connectivity index (χ1) is 2.27. The van der Waals surface area contributed by atoms with Crippen molar-refractivity contribution in [3.8, 4) is 0 Å². The van der Waals surface area contributed by atoms with Gasteiger partial charge < -0.3 is 0 Å². The molecule has 0 aliphatic rings. The van der Waals surface area contributed by atoms with Gasteiger partial charge in [-0.25, -0.2) is 0 Å². The number of hydrogen-bond acceptors (Lipinski definition) is 0. The van der Waals surface area contributed by atoms with Crippen molar-refractivity contribution in [2.75, 3.05) is 4.68 Å². The second-order valence-electron chi connectivity index (χ2n) is 0.357. The van der Waals surface area contributed by atoms with E-state index >= 15 is 0 Å². The van der Waals surface area contributed by atoms with Gasteiger partial charge in [-0.15, -0.1) is 0 Å². The molecule has 0 bridgehead atoms. The molecule has 0 spiro atoms. The molecule has 0 aliphatic carbocycles. The van der Waals surface area contributed by atoms with E-state index in [1.807, 2.05) is 0 Å². The van der Waals surface area contributed by atoms with Crippen LogP contribution in [-0.4, -0.2) is 4.68 Å². The molecule has 4 heteroatoms. The third kappa shape index (κ3) is 4.52. The molecule has 0 saturated heterocycles. The maximum absolute atomic E-state index is 10.5. The Morgan fingerprint density at radius 2 is 1.60 bits per heavy atom. The van der Waals surface area contributed by atoms with Crippen LogP contribution < -0.4 is 0 Å². The standard InChI is InChI=1S/CH2F3I/c2-1-5(3)4/h1H2. The van der Waals surface area contributed by atoms with Crippen LogP contribution in [0, 0.1) is 0 Å². The SMILES string of the molecule is FCI(F)F. The molecule has 0 nitrogen and oxygen atoms in total. The zero-order valence-electron chi connectivity index (χ0n) is 2.22. The van der Waals surface area contributed by atoms with Crippen molar-refractivity contribution in [2.24, 2.45) is 0 Å². The fourth-order valence-corrected chi connectivity index (χ4v) is 0. The molecule has 0 rings (SSSR count). The summed E-state index contributed by atoms with van der Waals surface area (Å²) in [6.07, 6.45) is 0. The molecular weight excluding hydrogens is 196 g/mol. The van der Waals surface area contributed by atoms with Crippen molar-refractivity contribution in [3.05, 3.63) is 0 Å². The van der Waals surface area contributed by atoms with Crippen LogP contribution in [0.25, 0.3) is 0 Å². The summed E-state index contributed by atoms with van der Waals surface area (Å²) in [7, 11) is 0. The Balaban J connectivity index is 2.54. The first-order valence-electron chi connectivity index (χ1n) is 0.820. The summed E-state index contributed by atoms with van der Waals surface area (Å²) in [6.45, 7) is 0. The fourth-order valence-electron chi connectivity index (χ4n) is 0. The van der Waals surface area contributed by atoms with E-state index in [4.69, 9.17) is 0 Å². The number of hydrogen-bond donors (Lipinski definition) is 0. The minimum atomic E-state index is -3.95. The molecule has 0 saturated carbocycles. The third-order valence-electron chi connectivity index (χ3n) is 0.0764. The summed E-state index contributed by atoms with van der Waals surface area (Å²) in [4.78, 5) is 0. The Kier molecular flexibility index (Phi) is 3.03. The van der Waals surface area contributed by atoms with Gasteiger partial charge in [0.15, 0.2) is 0 Å². The van der Waals surface area contributed by atoms with Crippen LogP contribution in [0.2, 0.25) is 0 Å². The number of alkyl halides is 2.